The van der Waals surface area contributed by atoms with E-state index in [1.807, 2.05) is 24.3 Å². The van der Waals surface area contributed by atoms with Gasteiger partial charge in [-0.05, 0) is 23.8 Å². The van der Waals surface area contributed by atoms with Crippen LogP contribution in [-0.4, -0.2) is 50.2 Å². The van der Waals surface area contributed by atoms with Crippen LogP contribution in [0.1, 0.15) is 5.56 Å². The summed E-state index contributed by atoms with van der Waals surface area (Å²) < 4.78 is 33.4. The molecule has 0 atom stereocenters. The highest BCUT2D eigenvalue weighted by atomic mass is 79.9. The third kappa shape index (κ3) is 4.73. The molecule has 1 aliphatic heterocycles. The van der Waals surface area contributed by atoms with Crippen LogP contribution in [-0.2, 0) is 14.8 Å². The summed E-state index contributed by atoms with van der Waals surface area (Å²) in [4.78, 5) is 10.3. The maximum atomic E-state index is 13.0. The molecule has 0 unspecified atom stereocenters. The third-order valence-electron chi connectivity index (χ3n) is 4.03. The molecule has 148 valence electrons. The van der Waals surface area contributed by atoms with Gasteiger partial charge in [0.15, 0.2) is 0 Å². The number of morpholine rings is 1. The second kappa shape index (κ2) is 8.78. The minimum Gasteiger partial charge on any atom is -0.379 e. The van der Waals surface area contributed by atoms with Crippen molar-refractivity contribution < 1.29 is 18.1 Å². The number of nitrogens with one attached hydrogen (secondary N) is 1. The molecule has 1 fully saturated rings. The van der Waals surface area contributed by atoms with Crippen LogP contribution in [0.5, 0.6) is 0 Å². The van der Waals surface area contributed by atoms with Crippen LogP contribution in [0.4, 0.5) is 11.4 Å². The van der Waals surface area contributed by atoms with E-state index in [9.17, 15) is 18.5 Å². The lowest BCUT2D eigenvalue weighted by Crippen LogP contribution is -2.40. The average Bonchev–Trinajstić information content (AvgIpc) is 2.70. The summed E-state index contributed by atoms with van der Waals surface area (Å²) in [5.74, 6) is 0. The summed E-state index contributed by atoms with van der Waals surface area (Å²) in [6, 6.07) is 11.0. The predicted octanol–water partition coefficient (Wildman–Crippen LogP) is 2.82. The zero-order chi connectivity index (χ0) is 20.1. The quantitative estimate of drug-likeness (QED) is 0.396. The van der Waals surface area contributed by atoms with Crippen LogP contribution in [0.25, 0.3) is 0 Å². The molecule has 1 saturated heterocycles. The molecule has 1 aliphatic rings. The summed E-state index contributed by atoms with van der Waals surface area (Å²) in [7, 11) is -3.94. The molecule has 0 aromatic heterocycles. The monoisotopic (exact) mass is 468 g/mol. The molecule has 0 radical (unpaired) electrons. The van der Waals surface area contributed by atoms with Crippen LogP contribution < -0.4 is 5.43 Å². The van der Waals surface area contributed by atoms with Crippen LogP contribution in [0.2, 0.25) is 0 Å². The van der Waals surface area contributed by atoms with E-state index in [-0.39, 0.29) is 42.6 Å². The Morgan fingerprint density at radius 2 is 1.86 bits per heavy atom. The number of nitro benzene ring substituents is 1. The first-order chi connectivity index (χ1) is 13.4. The van der Waals surface area contributed by atoms with Crippen molar-refractivity contribution in [1.29, 1.82) is 0 Å². The molecule has 0 aliphatic carbocycles. The number of non-ortho nitro benzene ring substituents is 1. The van der Waals surface area contributed by atoms with E-state index < -0.39 is 14.9 Å². The molecule has 11 heteroatoms. The highest BCUT2D eigenvalue weighted by Gasteiger charge is 2.30. The van der Waals surface area contributed by atoms with Gasteiger partial charge in [0.25, 0.3) is 5.69 Å². The minimum absolute atomic E-state index is 0.158. The summed E-state index contributed by atoms with van der Waals surface area (Å²) in [5.41, 5.74) is 3.33. The van der Waals surface area contributed by atoms with Crippen molar-refractivity contribution in [2.24, 2.45) is 5.10 Å². The second-order valence-corrected chi connectivity index (χ2v) is 8.70. The van der Waals surface area contributed by atoms with Gasteiger partial charge >= 0.3 is 0 Å². The van der Waals surface area contributed by atoms with Crippen molar-refractivity contribution in [1.82, 2.24) is 4.31 Å². The summed E-state index contributed by atoms with van der Waals surface area (Å²) >= 11 is 3.34. The molecule has 0 bridgehead atoms. The van der Waals surface area contributed by atoms with E-state index >= 15 is 0 Å². The van der Waals surface area contributed by atoms with Crippen molar-refractivity contribution in [3.8, 4) is 0 Å². The Morgan fingerprint density at radius 1 is 1.18 bits per heavy atom. The fourth-order valence-corrected chi connectivity index (χ4v) is 4.42. The largest absolute Gasteiger partial charge is 0.379 e. The van der Waals surface area contributed by atoms with Crippen molar-refractivity contribution in [2.45, 2.75) is 4.90 Å². The van der Waals surface area contributed by atoms with Gasteiger partial charge in [-0.3, -0.25) is 15.5 Å². The fourth-order valence-electron chi connectivity index (χ4n) is 2.58. The number of rotatable bonds is 6. The zero-order valence-corrected chi connectivity index (χ0v) is 17.0. The molecule has 0 saturated carbocycles. The standard InChI is InChI=1S/C17H17BrN4O5S/c18-14-3-1-13(2-4-14)12-19-20-16-6-5-15(22(23)24)11-17(16)28(25,26)21-7-9-27-10-8-21/h1-6,11-12,20H,7-10H2. The fraction of sp³-hybridized carbons (Fsp3) is 0.235. The first kappa shape index (κ1) is 20.4. The van der Waals surface area contributed by atoms with Crippen molar-refractivity contribution in [3.63, 3.8) is 0 Å². The topological polar surface area (TPSA) is 114 Å². The van der Waals surface area contributed by atoms with Crippen LogP contribution >= 0.6 is 15.9 Å². The van der Waals surface area contributed by atoms with E-state index in [0.717, 1.165) is 16.1 Å². The van der Waals surface area contributed by atoms with E-state index in [1.165, 1.54) is 22.7 Å². The maximum Gasteiger partial charge on any atom is 0.270 e. The van der Waals surface area contributed by atoms with Crippen LogP contribution in [0.15, 0.2) is 56.9 Å². The molecular formula is C17H17BrN4O5S. The van der Waals surface area contributed by atoms with Gasteiger partial charge in [-0.2, -0.15) is 9.41 Å². The number of ether oxygens (including phenoxy) is 1. The first-order valence-electron chi connectivity index (χ1n) is 8.29. The number of hydrazone groups is 1. The molecule has 1 heterocycles. The number of hydrogen-bond donors (Lipinski definition) is 1. The van der Waals surface area contributed by atoms with Gasteiger partial charge < -0.3 is 4.74 Å². The Labute approximate surface area is 170 Å². The van der Waals surface area contributed by atoms with Gasteiger partial charge in [0.2, 0.25) is 10.0 Å². The number of nitrogens with zero attached hydrogens (tertiary/aromatic N) is 3. The minimum atomic E-state index is -3.94. The van der Waals surface area contributed by atoms with Crippen LogP contribution in [0, 0.1) is 10.1 Å². The number of benzene rings is 2. The normalized spacial score (nSPS) is 15.6. The third-order valence-corrected chi connectivity index (χ3v) is 6.50. The Kier molecular flexibility index (Phi) is 6.39. The summed E-state index contributed by atoms with van der Waals surface area (Å²) in [5, 5.41) is 15.2. The number of halogens is 1. The molecule has 2 aromatic rings. The van der Waals surface area contributed by atoms with E-state index in [4.69, 9.17) is 4.74 Å². The van der Waals surface area contributed by atoms with Crippen molar-refractivity contribution in [2.75, 3.05) is 31.7 Å². The molecule has 2 aromatic carbocycles. The first-order valence-corrected chi connectivity index (χ1v) is 10.5. The molecule has 1 N–H and O–H groups in total. The molecule has 0 amide bonds. The number of nitro groups is 1. The maximum absolute atomic E-state index is 13.0. The van der Waals surface area contributed by atoms with E-state index in [0.29, 0.717) is 0 Å². The number of hydrogen-bond acceptors (Lipinski definition) is 7. The van der Waals surface area contributed by atoms with Gasteiger partial charge in [-0.1, -0.05) is 28.1 Å². The predicted molar refractivity (Wildman–Crippen MR) is 108 cm³/mol. The van der Waals surface area contributed by atoms with E-state index in [2.05, 4.69) is 26.5 Å². The second-order valence-electron chi connectivity index (χ2n) is 5.88. The Bertz CT molecular complexity index is 989. The summed E-state index contributed by atoms with van der Waals surface area (Å²) in [6.45, 7) is 0.927. The zero-order valence-electron chi connectivity index (χ0n) is 14.6. The highest BCUT2D eigenvalue weighted by Crippen LogP contribution is 2.29. The van der Waals surface area contributed by atoms with Gasteiger partial charge in [0.1, 0.15) is 4.90 Å². The molecule has 9 nitrogen and oxygen atoms in total. The number of sulfonamides is 1. The lowest BCUT2D eigenvalue weighted by molar-refractivity contribution is -0.385. The van der Waals surface area contributed by atoms with Gasteiger partial charge in [-0.25, -0.2) is 8.42 Å². The highest BCUT2D eigenvalue weighted by molar-refractivity contribution is 9.10. The number of anilines is 1. The molecule has 3 rings (SSSR count). The van der Waals surface area contributed by atoms with Gasteiger partial charge in [0, 0.05) is 29.7 Å². The molecule has 0 spiro atoms. The smallest absolute Gasteiger partial charge is 0.270 e. The summed E-state index contributed by atoms with van der Waals surface area (Å²) in [6.07, 6.45) is 1.53. The van der Waals surface area contributed by atoms with Crippen molar-refractivity contribution >= 4 is 43.5 Å². The van der Waals surface area contributed by atoms with Crippen LogP contribution in [0.3, 0.4) is 0 Å². The SMILES string of the molecule is O=[N+]([O-])c1ccc(NN=Cc2ccc(Br)cc2)c(S(=O)(=O)N2CCOCC2)c1. The van der Waals surface area contributed by atoms with E-state index in [1.54, 1.807) is 0 Å². The lowest BCUT2D eigenvalue weighted by atomic mass is 10.2. The Balaban J connectivity index is 1.91. The van der Waals surface area contributed by atoms with Gasteiger partial charge in [-0.15, -0.1) is 0 Å². The van der Waals surface area contributed by atoms with Crippen molar-refractivity contribution in [3.05, 3.63) is 62.6 Å². The molecular weight excluding hydrogens is 452 g/mol. The Morgan fingerprint density at radius 3 is 2.50 bits per heavy atom. The Hall–Kier alpha value is -2.34. The molecule has 28 heavy (non-hydrogen) atoms. The lowest BCUT2D eigenvalue weighted by Gasteiger charge is -2.26. The van der Waals surface area contributed by atoms with Gasteiger partial charge in [0.05, 0.1) is 30.0 Å². The average molecular weight is 469 g/mol.